The number of hydrogen-bond donors (Lipinski definition) is 1. The van der Waals surface area contributed by atoms with Crippen molar-refractivity contribution in [2.24, 2.45) is 5.73 Å². The van der Waals surface area contributed by atoms with Crippen LogP contribution in [0, 0.1) is 0 Å². The molecule has 2 rings (SSSR count). The number of nitrogens with two attached hydrogens (primary N) is 1. The van der Waals surface area contributed by atoms with Gasteiger partial charge in [-0.05, 0) is 30.2 Å². The maximum Gasteiger partial charge on any atom is 0.255 e. The molecule has 0 aliphatic rings. The van der Waals surface area contributed by atoms with E-state index in [0.717, 1.165) is 6.42 Å². The van der Waals surface area contributed by atoms with E-state index in [1.54, 1.807) is 30.1 Å². The Kier molecular flexibility index (Phi) is 6.39. The van der Waals surface area contributed by atoms with E-state index in [1.165, 1.54) is 12.7 Å². The highest BCUT2D eigenvalue weighted by molar-refractivity contribution is 5.94. The molecule has 0 spiro atoms. The molecule has 0 fully saturated rings. The number of ether oxygens (including phenoxy) is 2. The van der Waals surface area contributed by atoms with Gasteiger partial charge in [-0.15, -0.1) is 0 Å². The summed E-state index contributed by atoms with van der Waals surface area (Å²) >= 11 is 0. The summed E-state index contributed by atoms with van der Waals surface area (Å²) in [7, 11) is 3.23. The fourth-order valence-corrected chi connectivity index (χ4v) is 2.33. The van der Waals surface area contributed by atoms with Crippen molar-refractivity contribution in [2.75, 3.05) is 27.3 Å². The minimum absolute atomic E-state index is 0.115. The first kappa shape index (κ1) is 18.3. The van der Waals surface area contributed by atoms with Crippen molar-refractivity contribution in [3.05, 3.63) is 59.7 Å². The van der Waals surface area contributed by atoms with Gasteiger partial charge in [-0.2, -0.15) is 0 Å². The minimum atomic E-state index is -0.581. The van der Waals surface area contributed by atoms with E-state index in [-0.39, 0.29) is 12.5 Å². The average Bonchev–Trinajstić information content (AvgIpc) is 2.64. The van der Waals surface area contributed by atoms with Crippen LogP contribution < -0.4 is 15.2 Å². The second kappa shape index (κ2) is 8.73. The second-order valence-corrected chi connectivity index (χ2v) is 5.58. The summed E-state index contributed by atoms with van der Waals surface area (Å²) in [5, 5.41) is 0. The fourth-order valence-electron chi connectivity index (χ4n) is 2.33. The largest absolute Gasteiger partial charge is 0.493 e. The van der Waals surface area contributed by atoms with Crippen LogP contribution in [-0.2, 0) is 11.2 Å². The second-order valence-electron chi connectivity index (χ2n) is 5.58. The summed E-state index contributed by atoms with van der Waals surface area (Å²) in [5.41, 5.74) is 6.73. The topological polar surface area (TPSA) is 81.9 Å². The summed E-state index contributed by atoms with van der Waals surface area (Å²) in [6.07, 6.45) is 0.778. The molecule has 0 aliphatic heterocycles. The standard InChI is InChI=1S/C19H22N2O4/c1-21(11-10-14-6-4-3-5-7-14)19(23)15-8-9-16(17(12-15)24-2)25-13-18(20)22/h3-9,12H,10-11,13H2,1-2H3,(H2,20,22). The molecule has 0 atom stereocenters. The van der Waals surface area contributed by atoms with Crippen molar-refractivity contribution in [2.45, 2.75) is 6.42 Å². The molecule has 6 nitrogen and oxygen atoms in total. The number of likely N-dealkylation sites (N-methyl/N-ethyl adjacent to an activating group) is 1. The molecule has 132 valence electrons. The smallest absolute Gasteiger partial charge is 0.255 e. The van der Waals surface area contributed by atoms with Crippen LogP contribution in [0.3, 0.4) is 0 Å². The molecule has 0 radical (unpaired) electrons. The van der Waals surface area contributed by atoms with E-state index in [2.05, 4.69) is 0 Å². The van der Waals surface area contributed by atoms with Crippen LogP contribution in [0.15, 0.2) is 48.5 Å². The Hall–Kier alpha value is -3.02. The highest BCUT2D eigenvalue weighted by Crippen LogP contribution is 2.28. The van der Waals surface area contributed by atoms with Gasteiger partial charge in [0, 0.05) is 19.2 Å². The average molecular weight is 342 g/mol. The van der Waals surface area contributed by atoms with Crippen molar-refractivity contribution in [1.29, 1.82) is 0 Å². The fraction of sp³-hybridized carbons (Fsp3) is 0.263. The SMILES string of the molecule is COc1cc(C(=O)N(C)CCc2ccccc2)ccc1OCC(N)=O. The van der Waals surface area contributed by atoms with E-state index < -0.39 is 5.91 Å². The van der Waals surface area contributed by atoms with Crippen molar-refractivity contribution in [3.63, 3.8) is 0 Å². The number of carbonyl (C=O) groups excluding carboxylic acids is 2. The molecule has 0 saturated heterocycles. The van der Waals surface area contributed by atoms with Crippen molar-refractivity contribution < 1.29 is 19.1 Å². The normalized spacial score (nSPS) is 10.2. The highest BCUT2D eigenvalue weighted by Gasteiger charge is 2.15. The van der Waals surface area contributed by atoms with Crippen molar-refractivity contribution >= 4 is 11.8 Å². The Labute approximate surface area is 147 Å². The van der Waals surface area contributed by atoms with Gasteiger partial charge in [0.05, 0.1) is 7.11 Å². The minimum Gasteiger partial charge on any atom is -0.493 e. The molecule has 2 N–H and O–H groups in total. The molecule has 25 heavy (non-hydrogen) atoms. The van der Waals surface area contributed by atoms with Crippen LogP contribution in [-0.4, -0.2) is 44.0 Å². The van der Waals surface area contributed by atoms with Crippen LogP contribution in [0.1, 0.15) is 15.9 Å². The first-order valence-corrected chi connectivity index (χ1v) is 7.89. The number of carbonyl (C=O) groups is 2. The number of hydrogen-bond acceptors (Lipinski definition) is 4. The molecule has 0 heterocycles. The Bertz CT molecular complexity index is 731. The van der Waals surface area contributed by atoms with Crippen molar-refractivity contribution in [3.8, 4) is 11.5 Å². The molecular formula is C19H22N2O4. The lowest BCUT2D eigenvalue weighted by Crippen LogP contribution is -2.28. The molecule has 6 heteroatoms. The molecule has 0 aliphatic carbocycles. The third kappa shape index (κ3) is 5.24. The Morgan fingerprint density at radius 3 is 2.44 bits per heavy atom. The lowest BCUT2D eigenvalue weighted by molar-refractivity contribution is -0.119. The van der Waals surface area contributed by atoms with Gasteiger partial charge in [0.1, 0.15) is 0 Å². The van der Waals surface area contributed by atoms with Crippen LogP contribution >= 0.6 is 0 Å². The van der Waals surface area contributed by atoms with Gasteiger partial charge >= 0.3 is 0 Å². The number of methoxy groups -OCH3 is 1. The van der Waals surface area contributed by atoms with E-state index in [9.17, 15) is 9.59 Å². The monoisotopic (exact) mass is 342 g/mol. The predicted molar refractivity (Wildman–Crippen MR) is 94.8 cm³/mol. The third-order valence-corrected chi connectivity index (χ3v) is 3.71. The molecule has 0 bridgehead atoms. The molecule has 2 aromatic rings. The zero-order valence-electron chi connectivity index (χ0n) is 14.4. The first-order chi connectivity index (χ1) is 12.0. The third-order valence-electron chi connectivity index (χ3n) is 3.71. The van der Waals surface area contributed by atoms with Gasteiger partial charge in [-0.1, -0.05) is 30.3 Å². The van der Waals surface area contributed by atoms with Gasteiger partial charge in [0.2, 0.25) is 0 Å². The van der Waals surface area contributed by atoms with E-state index in [0.29, 0.717) is 23.6 Å². The summed E-state index contributed by atoms with van der Waals surface area (Å²) in [5.74, 6) is 0.0480. The van der Waals surface area contributed by atoms with Crippen LogP contribution in [0.4, 0.5) is 0 Å². The lowest BCUT2D eigenvalue weighted by Gasteiger charge is -2.18. The quantitative estimate of drug-likeness (QED) is 0.794. The molecule has 0 unspecified atom stereocenters. The zero-order valence-corrected chi connectivity index (χ0v) is 14.4. The summed E-state index contributed by atoms with van der Waals surface area (Å²) in [6.45, 7) is 0.353. The molecule has 2 amide bonds. The van der Waals surface area contributed by atoms with Crippen LogP contribution in [0.5, 0.6) is 11.5 Å². The van der Waals surface area contributed by atoms with Gasteiger partial charge < -0.3 is 20.1 Å². The Morgan fingerprint density at radius 2 is 1.80 bits per heavy atom. The van der Waals surface area contributed by atoms with E-state index in [1.807, 2.05) is 30.3 Å². The van der Waals surface area contributed by atoms with Gasteiger partial charge in [-0.25, -0.2) is 0 Å². The van der Waals surface area contributed by atoms with Crippen LogP contribution in [0.2, 0.25) is 0 Å². The number of benzene rings is 2. The first-order valence-electron chi connectivity index (χ1n) is 7.89. The van der Waals surface area contributed by atoms with Gasteiger partial charge in [0.15, 0.2) is 18.1 Å². The number of primary amides is 1. The molecular weight excluding hydrogens is 320 g/mol. The van der Waals surface area contributed by atoms with E-state index >= 15 is 0 Å². The summed E-state index contributed by atoms with van der Waals surface area (Å²) in [6, 6.07) is 14.8. The number of nitrogens with zero attached hydrogens (tertiary/aromatic N) is 1. The molecule has 0 aromatic heterocycles. The number of amides is 2. The molecule has 0 saturated carbocycles. The van der Waals surface area contributed by atoms with E-state index in [4.69, 9.17) is 15.2 Å². The summed E-state index contributed by atoms with van der Waals surface area (Å²) in [4.78, 5) is 25.0. The van der Waals surface area contributed by atoms with Gasteiger partial charge in [0.25, 0.3) is 11.8 Å². The van der Waals surface area contributed by atoms with Crippen LogP contribution in [0.25, 0.3) is 0 Å². The highest BCUT2D eigenvalue weighted by atomic mass is 16.5. The Balaban J connectivity index is 2.03. The maximum absolute atomic E-state index is 12.6. The summed E-state index contributed by atoms with van der Waals surface area (Å²) < 4.78 is 10.5. The van der Waals surface area contributed by atoms with Crippen molar-refractivity contribution in [1.82, 2.24) is 4.90 Å². The zero-order chi connectivity index (χ0) is 18.2. The Morgan fingerprint density at radius 1 is 1.08 bits per heavy atom. The predicted octanol–water partition coefficient (Wildman–Crippen LogP) is 1.87. The van der Waals surface area contributed by atoms with Gasteiger partial charge in [-0.3, -0.25) is 9.59 Å². The molecule has 2 aromatic carbocycles. The maximum atomic E-state index is 12.6. The lowest BCUT2D eigenvalue weighted by atomic mass is 10.1. The number of rotatable bonds is 8.